The molecule has 0 N–H and O–H groups in total. The van der Waals surface area contributed by atoms with Crippen LogP contribution in [0.4, 0.5) is 0 Å². The van der Waals surface area contributed by atoms with Crippen LogP contribution < -0.4 is 0 Å². The van der Waals surface area contributed by atoms with Gasteiger partial charge in [0.15, 0.2) is 0 Å². The maximum atomic E-state index is 11.5. The molecule has 0 aliphatic rings. The normalized spacial score (nSPS) is 9.59. The molecule has 0 aliphatic carbocycles. The van der Waals surface area contributed by atoms with E-state index in [1.807, 2.05) is 19.9 Å². The highest BCUT2D eigenvalue weighted by atomic mass is 16.5. The van der Waals surface area contributed by atoms with E-state index in [-0.39, 0.29) is 5.97 Å². The molecule has 3 nitrogen and oxygen atoms in total. The van der Waals surface area contributed by atoms with E-state index in [0.717, 1.165) is 16.8 Å². The second kappa shape index (κ2) is 5.99. The van der Waals surface area contributed by atoms with E-state index >= 15 is 0 Å². The van der Waals surface area contributed by atoms with Gasteiger partial charge in [-0.15, -0.1) is 0 Å². The number of allylic oxidation sites excluding steroid dienone is 1. The molecule has 0 fully saturated rings. The summed E-state index contributed by atoms with van der Waals surface area (Å²) in [5.41, 5.74) is 3.24. The molecule has 0 saturated carbocycles. The Morgan fingerprint density at radius 3 is 2.76 bits per heavy atom. The average Bonchev–Trinajstić information content (AvgIpc) is 2.29. The highest BCUT2D eigenvalue weighted by Crippen LogP contribution is 2.14. The average molecular weight is 231 g/mol. The van der Waals surface area contributed by atoms with Crippen LogP contribution in [0.5, 0.6) is 0 Å². The molecule has 90 valence electrons. The van der Waals surface area contributed by atoms with Crippen molar-refractivity contribution in [2.75, 3.05) is 6.61 Å². The van der Waals surface area contributed by atoms with Gasteiger partial charge in [-0.25, -0.2) is 4.79 Å². The van der Waals surface area contributed by atoms with Gasteiger partial charge in [0.05, 0.1) is 17.9 Å². The largest absolute Gasteiger partial charge is 0.462 e. The smallest absolute Gasteiger partial charge is 0.339 e. The molecule has 17 heavy (non-hydrogen) atoms. The molecule has 0 amide bonds. The van der Waals surface area contributed by atoms with Crippen LogP contribution >= 0.6 is 0 Å². The highest BCUT2D eigenvalue weighted by molar-refractivity contribution is 5.90. The van der Waals surface area contributed by atoms with Crippen molar-refractivity contribution < 1.29 is 9.53 Å². The van der Waals surface area contributed by atoms with Crippen molar-refractivity contribution in [1.82, 2.24) is 4.98 Å². The quantitative estimate of drug-likeness (QED) is 0.746. The number of carbonyl (C=O) groups excluding carboxylic acids is 1. The van der Waals surface area contributed by atoms with Crippen LogP contribution in [-0.4, -0.2) is 17.6 Å². The third-order valence-corrected chi connectivity index (χ3v) is 2.11. The summed E-state index contributed by atoms with van der Waals surface area (Å²) in [5.74, 6) is -0.355. The van der Waals surface area contributed by atoms with E-state index in [2.05, 4.69) is 11.6 Å². The molecule has 0 radical (unpaired) electrons. The fourth-order valence-corrected chi connectivity index (χ4v) is 1.38. The lowest BCUT2D eigenvalue weighted by Gasteiger charge is -2.05. The van der Waals surface area contributed by atoms with Gasteiger partial charge in [0, 0.05) is 11.8 Å². The fraction of sp³-hybridized carbons (Fsp3) is 0.286. The molecule has 1 heterocycles. The lowest BCUT2D eigenvalue weighted by atomic mass is 10.1. The number of carbonyl (C=O) groups is 1. The summed E-state index contributed by atoms with van der Waals surface area (Å²) >= 11 is 0. The lowest BCUT2D eigenvalue weighted by Crippen LogP contribution is -2.06. The Hall–Kier alpha value is -1.90. The van der Waals surface area contributed by atoms with Crippen LogP contribution in [0.25, 0.3) is 12.2 Å². The van der Waals surface area contributed by atoms with Crippen LogP contribution in [0.1, 0.15) is 42.4 Å². The van der Waals surface area contributed by atoms with Gasteiger partial charge in [-0.1, -0.05) is 18.2 Å². The van der Waals surface area contributed by atoms with Crippen LogP contribution in [-0.2, 0) is 4.74 Å². The molecule has 0 aromatic carbocycles. The monoisotopic (exact) mass is 231 g/mol. The molecule has 0 saturated heterocycles. The number of hydrogen-bond acceptors (Lipinski definition) is 3. The van der Waals surface area contributed by atoms with Gasteiger partial charge in [0.2, 0.25) is 0 Å². The third kappa shape index (κ3) is 3.55. The maximum Gasteiger partial charge on any atom is 0.339 e. The number of pyridine rings is 1. The lowest BCUT2D eigenvalue weighted by molar-refractivity contribution is 0.0526. The highest BCUT2D eigenvalue weighted by Gasteiger charge is 2.09. The van der Waals surface area contributed by atoms with Crippen LogP contribution in [0.3, 0.4) is 0 Å². The summed E-state index contributed by atoms with van der Waals surface area (Å²) in [7, 11) is 0. The molecule has 0 unspecified atom stereocenters. The zero-order chi connectivity index (χ0) is 12.8. The first kappa shape index (κ1) is 13.2. The number of hydrogen-bond donors (Lipinski definition) is 0. The topological polar surface area (TPSA) is 39.2 Å². The third-order valence-electron chi connectivity index (χ3n) is 2.11. The van der Waals surface area contributed by atoms with Crippen molar-refractivity contribution in [2.24, 2.45) is 0 Å². The molecule has 3 heteroatoms. The molecular formula is C14H17NO2. The van der Waals surface area contributed by atoms with Crippen molar-refractivity contribution in [1.29, 1.82) is 0 Å². The van der Waals surface area contributed by atoms with Crippen LogP contribution in [0.2, 0.25) is 0 Å². The molecule has 1 rings (SSSR count). The minimum atomic E-state index is -0.355. The minimum Gasteiger partial charge on any atom is -0.462 e. The summed E-state index contributed by atoms with van der Waals surface area (Å²) in [6.45, 7) is 9.85. The second-order valence-corrected chi connectivity index (χ2v) is 3.84. The summed E-state index contributed by atoms with van der Waals surface area (Å²) < 4.78 is 4.92. The van der Waals surface area contributed by atoms with E-state index in [9.17, 15) is 4.79 Å². The van der Waals surface area contributed by atoms with Gasteiger partial charge in [-0.3, -0.25) is 4.98 Å². The molecule has 0 atom stereocenters. The summed E-state index contributed by atoms with van der Waals surface area (Å²) in [5, 5.41) is 0. The minimum absolute atomic E-state index is 0.355. The van der Waals surface area contributed by atoms with E-state index in [1.165, 1.54) is 6.20 Å². The van der Waals surface area contributed by atoms with Gasteiger partial charge >= 0.3 is 5.97 Å². The molecule has 0 bridgehead atoms. The van der Waals surface area contributed by atoms with Gasteiger partial charge in [0.1, 0.15) is 0 Å². The van der Waals surface area contributed by atoms with E-state index in [0.29, 0.717) is 12.2 Å². The standard InChI is InChI=1S/C14H17NO2/c1-5-11-8-12(14(16)17-6-2)9-15-13(11)7-10(3)4/h5,7-9H,1,6H2,2-4H3. The Balaban J connectivity index is 3.13. The molecule has 1 aromatic rings. The second-order valence-electron chi connectivity index (χ2n) is 3.84. The summed E-state index contributed by atoms with van der Waals surface area (Å²) in [4.78, 5) is 15.8. The summed E-state index contributed by atoms with van der Waals surface area (Å²) in [6, 6.07) is 1.74. The van der Waals surface area contributed by atoms with Crippen molar-refractivity contribution in [3.8, 4) is 0 Å². The van der Waals surface area contributed by atoms with Gasteiger partial charge in [-0.2, -0.15) is 0 Å². The Kier molecular flexibility index (Phi) is 4.64. The predicted octanol–water partition coefficient (Wildman–Crippen LogP) is 3.32. The SMILES string of the molecule is C=Cc1cc(C(=O)OCC)cnc1C=C(C)C. The number of aromatic nitrogens is 1. The Labute approximate surface area is 102 Å². The van der Waals surface area contributed by atoms with Gasteiger partial charge in [-0.05, 0) is 32.9 Å². The molecular weight excluding hydrogens is 214 g/mol. The first-order valence-electron chi connectivity index (χ1n) is 5.53. The summed E-state index contributed by atoms with van der Waals surface area (Å²) in [6.07, 6.45) is 5.16. The number of esters is 1. The first-order valence-corrected chi connectivity index (χ1v) is 5.53. The van der Waals surface area contributed by atoms with Gasteiger partial charge in [0.25, 0.3) is 0 Å². The van der Waals surface area contributed by atoms with Gasteiger partial charge < -0.3 is 4.74 Å². The first-order chi connectivity index (χ1) is 8.08. The van der Waals surface area contributed by atoms with Crippen molar-refractivity contribution in [3.63, 3.8) is 0 Å². The number of ether oxygens (including phenoxy) is 1. The molecule has 0 aliphatic heterocycles. The van der Waals surface area contributed by atoms with Crippen LogP contribution in [0, 0.1) is 0 Å². The molecule has 0 spiro atoms. The predicted molar refractivity (Wildman–Crippen MR) is 69.6 cm³/mol. The van der Waals surface area contributed by atoms with Crippen molar-refractivity contribution >= 4 is 18.1 Å². The Bertz CT molecular complexity index is 457. The van der Waals surface area contributed by atoms with E-state index in [1.54, 1.807) is 19.1 Å². The van der Waals surface area contributed by atoms with Crippen molar-refractivity contribution in [2.45, 2.75) is 20.8 Å². The fourth-order valence-electron chi connectivity index (χ4n) is 1.38. The number of nitrogens with zero attached hydrogens (tertiary/aromatic N) is 1. The Morgan fingerprint density at radius 1 is 1.53 bits per heavy atom. The zero-order valence-electron chi connectivity index (χ0n) is 10.5. The van der Waals surface area contributed by atoms with E-state index in [4.69, 9.17) is 4.74 Å². The van der Waals surface area contributed by atoms with Crippen molar-refractivity contribution in [3.05, 3.63) is 41.2 Å². The Morgan fingerprint density at radius 2 is 2.24 bits per heavy atom. The molecule has 1 aromatic heterocycles. The van der Waals surface area contributed by atoms with E-state index < -0.39 is 0 Å². The number of rotatable bonds is 4. The maximum absolute atomic E-state index is 11.5. The zero-order valence-corrected chi connectivity index (χ0v) is 10.5. The van der Waals surface area contributed by atoms with Crippen LogP contribution in [0.15, 0.2) is 24.4 Å².